The highest BCUT2D eigenvalue weighted by Gasteiger charge is 2.40. The van der Waals surface area contributed by atoms with Gasteiger partial charge in [0.05, 0.1) is 11.9 Å². The van der Waals surface area contributed by atoms with Crippen LogP contribution in [0.4, 0.5) is 0 Å². The summed E-state index contributed by atoms with van der Waals surface area (Å²) in [5, 5.41) is 9.00. The van der Waals surface area contributed by atoms with Crippen molar-refractivity contribution in [3.63, 3.8) is 0 Å². The maximum absolute atomic E-state index is 12.0. The van der Waals surface area contributed by atoms with E-state index in [0.717, 1.165) is 10.7 Å². The third-order valence-electron chi connectivity index (χ3n) is 3.15. The van der Waals surface area contributed by atoms with Gasteiger partial charge in [0.25, 0.3) is 0 Å². The van der Waals surface area contributed by atoms with Crippen LogP contribution >= 0.6 is 0 Å². The molecule has 0 amide bonds. The van der Waals surface area contributed by atoms with Crippen LogP contribution in [0.3, 0.4) is 0 Å². The summed E-state index contributed by atoms with van der Waals surface area (Å²) in [6, 6.07) is 0. The molecule has 1 aliphatic rings. The van der Waals surface area contributed by atoms with Gasteiger partial charge in [-0.1, -0.05) is 0 Å². The molecule has 1 heterocycles. The van der Waals surface area contributed by atoms with Crippen LogP contribution in [0.2, 0.25) is 0 Å². The van der Waals surface area contributed by atoms with Crippen molar-refractivity contribution in [1.29, 1.82) is 0 Å². The van der Waals surface area contributed by atoms with Crippen LogP contribution in [0, 0.1) is 0 Å². The zero-order valence-electron chi connectivity index (χ0n) is 10.3. The molecule has 0 aromatic rings. The smallest absolute Gasteiger partial charge is 0.324 e. The first kappa shape index (κ1) is 14.4. The summed E-state index contributed by atoms with van der Waals surface area (Å²) in [5.41, 5.74) is -1.45. The lowest BCUT2D eigenvalue weighted by Gasteiger charge is -2.31. The highest BCUT2D eigenvalue weighted by molar-refractivity contribution is 7.89. The standard InChI is InChI=1S/C10H19NO5S/c1-10(2,9(12)13)11(3)17(14,15)7-8-5-4-6-16-8/h8H,4-7H2,1-3H3,(H,12,13). The molecule has 100 valence electrons. The van der Waals surface area contributed by atoms with Crippen LogP contribution in [-0.2, 0) is 19.6 Å². The number of carbonyl (C=O) groups is 1. The molecule has 0 aliphatic carbocycles. The van der Waals surface area contributed by atoms with Crippen molar-refractivity contribution in [1.82, 2.24) is 4.31 Å². The summed E-state index contributed by atoms with van der Waals surface area (Å²) in [7, 11) is -2.33. The maximum Gasteiger partial charge on any atom is 0.324 e. The molecule has 1 unspecified atom stereocenters. The zero-order chi connectivity index (χ0) is 13.3. The topological polar surface area (TPSA) is 83.9 Å². The number of hydrogen-bond acceptors (Lipinski definition) is 4. The molecule has 0 bridgehead atoms. The Bertz CT molecular complexity index is 384. The minimum absolute atomic E-state index is 0.153. The van der Waals surface area contributed by atoms with Gasteiger partial charge in [0.2, 0.25) is 10.0 Å². The molecule has 1 N–H and O–H groups in total. The molecular formula is C10H19NO5S. The number of nitrogens with zero attached hydrogens (tertiary/aromatic N) is 1. The minimum Gasteiger partial charge on any atom is -0.480 e. The van der Waals surface area contributed by atoms with Gasteiger partial charge in [0.15, 0.2) is 0 Å². The Hall–Kier alpha value is -0.660. The van der Waals surface area contributed by atoms with Gasteiger partial charge in [-0.05, 0) is 26.7 Å². The average molecular weight is 265 g/mol. The zero-order valence-corrected chi connectivity index (χ0v) is 11.2. The summed E-state index contributed by atoms with van der Waals surface area (Å²) in [4.78, 5) is 11.0. The van der Waals surface area contributed by atoms with Crippen molar-refractivity contribution in [2.24, 2.45) is 0 Å². The lowest BCUT2D eigenvalue weighted by molar-refractivity contribution is -0.145. The molecule has 0 aromatic heterocycles. The van der Waals surface area contributed by atoms with Crippen LogP contribution < -0.4 is 0 Å². The van der Waals surface area contributed by atoms with Crippen molar-refractivity contribution in [3.8, 4) is 0 Å². The van der Waals surface area contributed by atoms with Gasteiger partial charge in [-0.25, -0.2) is 8.42 Å². The number of carboxylic acid groups (broad SMARTS) is 1. The molecular weight excluding hydrogens is 246 g/mol. The number of carboxylic acids is 1. The molecule has 0 aromatic carbocycles. The van der Waals surface area contributed by atoms with E-state index in [1.54, 1.807) is 0 Å². The lowest BCUT2D eigenvalue weighted by Crippen LogP contribution is -2.52. The molecule has 0 radical (unpaired) electrons. The molecule has 1 fully saturated rings. The van der Waals surface area contributed by atoms with Crippen molar-refractivity contribution in [2.45, 2.75) is 38.3 Å². The molecule has 7 heteroatoms. The predicted molar refractivity (Wildman–Crippen MR) is 62.2 cm³/mol. The van der Waals surface area contributed by atoms with E-state index in [9.17, 15) is 13.2 Å². The summed E-state index contributed by atoms with van der Waals surface area (Å²) in [5.74, 6) is -1.32. The maximum atomic E-state index is 12.0. The van der Waals surface area contributed by atoms with Crippen molar-refractivity contribution in [2.75, 3.05) is 19.4 Å². The third-order valence-corrected chi connectivity index (χ3v) is 5.23. The molecule has 0 saturated carbocycles. The highest BCUT2D eigenvalue weighted by Crippen LogP contribution is 2.21. The summed E-state index contributed by atoms with van der Waals surface area (Å²) >= 11 is 0. The van der Waals surface area contributed by atoms with Gasteiger partial charge in [-0.2, -0.15) is 4.31 Å². The fourth-order valence-electron chi connectivity index (χ4n) is 1.60. The molecule has 1 rings (SSSR count). The van der Waals surface area contributed by atoms with Crippen LogP contribution in [0.1, 0.15) is 26.7 Å². The molecule has 6 nitrogen and oxygen atoms in total. The first-order chi connectivity index (χ1) is 7.68. The number of ether oxygens (including phenoxy) is 1. The highest BCUT2D eigenvalue weighted by atomic mass is 32.2. The van der Waals surface area contributed by atoms with Gasteiger partial charge in [0, 0.05) is 13.7 Å². The van der Waals surface area contributed by atoms with Gasteiger partial charge < -0.3 is 9.84 Å². The average Bonchev–Trinajstić information content (AvgIpc) is 2.68. The van der Waals surface area contributed by atoms with E-state index >= 15 is 0 Å². The summed E-state index contributed by atoms with van der Waals surface area (Å²) in [6.07, 6.45) is 1.25. The van der Waals surface area contributed by atoms with Crippen molar-refractivity contribution in [3.05, 3.63) is 0 Å². The number of likely N-dealkylation sites (N-methyl/N-ethyl adjacent to an activating group) is 1. The molecule has 1 aliphatic heterocycles. The Morgan fingerprint density at radius 3 is 2.53 bits per heavy atom. The Labute approximate surface area is 102 Å². The monoisotopic (exact) mass is 265 g/mol. The van der Waals surface area contributed by atoms with E-state index in [1.165, 1.54) is 20.9 Å². The Morgan fingerprint density at radius 2 is 2.12 bits per heavy atom. The fraction of sp³-hybridized carbons (Fsp3) is 0.900. The summed E-state index contributed by atoms with van der Waals surface area (Å²) < 4.78 is 30.2. The van der Waals surface area contributed by atoms with Gasteiger partial charge in [-0.3, -0.25) is 4.79 Å². The predicted octanol–water partition coefficient (Wildman–Crippen LogP) is 0.290. The Morgan fingerprint density at radius 1 is 1.53 bits per heavy atom. The largest absolute Gasteiger partial charge is 0.480 e. The van der Waals surface area contributed by atoms with Crippen molar-refractivity contribution < 1.29 is 23.1 Å². The van der Waals surface area contributed by atoms with Crippen molar-refractivity contribution >= 4 is 16.0 Å². The number of sulfonamides is 1. The van der Waals surface area contributed by atoms with Gasteiger partial charge >= 0.3 is 5.97 Å². The fourth-order valence-corrected chi connectivity index (χ4v) is 3.33. The normalized spacial score (nSPS) is 22.0. The number of hydrogen-bond donors (Lipinski definition) is 1. The first-order valence-corrected chi connectivity index (χ1v) is 7.10. The number of aliphatic carboxylic acids is 1. The van der Waals surface area contributed by atoms with E-state index in [-0.39, 0.29) is 11.9 Å². The van der Waals surface area contributed by atoms with E-state index in [4.69, 9.17) is 9.84 Å². The quantitative estimate of drug-likeness (QED) is 0.772. The van der Waals surface area contributed by atoms with Crippen LogP contribution in [-0.4, -0.2) is 54.8 Å². The summed E-state index contributed by atoms with van der Waals surface area (Å²) in [6.45, 7) is 3.30. The molecule has 17 heavy (non-hydrogen) atoms. The van der Waals surface area contributed by atoms with E-state index in [2.05, 4.69) is 0 Å². The van der Waals surface area contributed by atoms with Crippen LogP contribution in [0.15, 0.2) is 0 Å². The minimum atomic E-state index is -3.62. The Balaban J connectivity index is 2.79. The first-order valence-electron chi connectivity index (χ1n) is 5.49. The molecule has 1 saturated heterocycles. The van der Waals surface area contributed by atoms with Gasteiger partial charge in [0.1, 0.15) is 5.54 Å². The molecule has 1 atom stereocenters. The lowest BCUT2D eigenvalue weighted by atomic mass is 10.1. The van der Waals surface area contributed by atoms with E-state index in [1.807, 2.05) is 0 Å². The number of rotatable bonds is 5. The van der Waals surface area contributed by atoms with Crippen LogP contribution in [0.5, 0.6) is 0 Å². The molecule has 0 spiro atoms. The second-order valence-electron chi connectivity index (χ2n) is 4.75. The van der Waals surface area contributed by atoms with E-state index < -0.39 is 21.5 Å². The van der Waals surface area contributed by atoms with E-state index in [0.29, 0.717) is 13.0 Å². The third kappa shape index (κ3) is 3.17. The van der Waals surface area contributed by atoms with Gasteiger partial charge in [-0.15, -0.1) is 0 Å². The Kier molecular flexibility index (Phi) is 4.16. The second-order valence-corrected chi connectivity index (χ2v) is 6.79. The second kappa shape index (κ2) is 4.91. The SMILES string of the molecule is CN(C(C)(C)C(=O)O)S(=O)(=O)CC1CCCO1. The van der Waals surface area contributed by atoms with Crippen LogP contribution in [0.25, 0.3) is 0 Å².